The zero-order chi connectivity index (χ0) is 10.8. The van der Waals surface area contributed by atoms with E-state index in [4.69, 9.17) is 4.74 Å². The number of aromatic nitrogens is 2. The molecule has 78 valence electrons. The molecule has 2 heterocycles. The van der Waals surface area contributed by atoms with Crippen molar-refractivity contribution in [2.24, 2.45) is 0 Å². The molecule has 0 radical (unpaired) electrons. The smallest absolute Gasteiger partial charge is 0.225 e. The van der Waals surface area contributed by atoms with Crippen LogP contribution in [0.4, 0.5) is 0 Å². The average molecular weight is 240 g/mol. The molecule has 0 saturated carbocycles. The van der Waals surface area contributed by atoms with Crippen LogP contribution in [0.25, 0.3) is 0 Å². The third-order valence-electron chi connectivity index (χ3n) is 1.87. The lowest BCUT2D eigenvalue weighted by atomic mass is 10.2. The largest absolute Gasteiger partial charge is 0.480 e. The van der Waals surface area contributed by atoms with Gasteiger partial charge in [-0.25, -0.2) is 4.98 Å². The van der Waals surface area contributed by atoms with Gasteiger partial charge in [-0.2, -0.15) is 4.37 Å². The highest BCUT2D eigenvalue weighted by Gasteiger charge is 2.17. The van der Waals surface area contributed by atoms with Gasteiger partial charge in [0.25, 0.3) is 0 Å². The van der Waals surface area contributed by atoms with Crippen LogP contribution in [0.3, 0.4) is 0 Å². The minimum atomic E-state index is -0.0317. The summed E-state index contributed by atoms with van der Waals surface area (Å²) in [6.07, 6.45) is 0. The fourth-order valence-corrected chi connectivity index (χ4v) is 2.57. The van der Waals surface area contributed by atoms with Crippen molar-refractivity contribution < 1.29 is 9.53 Å². The van der Waals surface area contributed by atoms with Crippen LogP contribution in [0.2, 0.25) is 0 Å². The number of aryl methyl sites for hydroxylation is 1. The van der Waals surface area contributed by atoms with E-state index < -0.39 is 0 Å². The second-order valence-electron chi connectivity index (χ2n) is 2.83. The number of methoxy groups -OCH3 is 1. The Morgan fingerprint density at radius 2 is 2.33 bits per heavy atom. The zero-order valence-electron chi connectivity index (χ0n) is 8.18. The first kappa shape index (κ1) is 10.3. The molecule has 2 aromatic heterocycles. The lowest BCUT2D eigenvalue weighted by Gasteiger charge is -1.92. The number of rotatable bonds is 3. The zero-order valence-corrected chi connectivity index (χ0v) is 9.82. The van der Waals surface area contributed by atoms with Crippen molar-refractivity contribution in [3.8, 4) is 5.88 Å². The first-order valence-corrected chi connectivity index (χ1v) is 5.83. The van der Waals surface area contributed by atoms with Crippen LogP contribution in [-0.4, -0.2) is 22.3 Å². The second-order valence-corrected chi connectivity index (χ2v) is 4.49. The third-order valence-corrected chi connectivity index (χ3v) is 3.57. The Bertz CT molecular complexity index is 490. The predicted octanol–water partition coefficient (Wildman–Crippen LogP) is 2.15. The maximum atomic E-state index is 11.9. The molecule has 15 heavy (non-hydrogen) atoms. The Morgan fingerprint density at radius 3 is 2.87 bits per heavy atom. The molecule has 0 N–H and O–H groups in total. The van der Waals surface area contributed by atoms with E-state index in [1.54, 1.807) is 11.6 Å². The van der Waals surface area contributed by atoms with Crippen LogP contribution in [0.5, 0.6) is 5.88 Å². The predicted molar refractivity (Wildman–Crippen MR) is 58.9 cm³/mol. The van der Waals surface area contributed by atoms with Gasteiger partial charge in [0, 0.05) is 6.07 Å². The van der Waals surface area contributed by atoms with Gasteiger partial charge in [-0.1, -0.05) is 0 Å². The number of hydrogen-bond acceptors (Lipinski definition) is 6. The van der Waals surface area contributed by atoms with Gasteiger partial charge in [0.1, 0.15) is 4.88 Å². The Labute approximate surface area is 94.7 Å². The number of ketones is 1. The van der Waals surface area contributed by atoms with Gasteiger partial charge in [0.15, 0.2) is 0 Å². The Hall–Kier alpha value is -1.27. The van der Waals surface area contributed by atoms with E-state index in [9.17, 15) is 4.79 Å². The number of ether oxygens (including phenoxy) is 1. The van der Waals surface area contributed by atoms with Crippen molar-refractivity contribution in [3.05, 3.63) is 27.0 Å². The number of thiazole rings is 1. The first-order valence-electron chi connectivity index (χ1n) is 4.18. The van der Waals surface area contributed by atoms with E-state index in [1.807, 2.05) is 6.92 Å². The molecule has 0 saturated heterocycles. The minimum absolute atomic E-state index is 0.0317. The Balaban J connectivity index is 2.32. The molecular formula is C9H8N2O2S2. The third kappa shape index (κ3) is 1.91. The van der Waals surface area contributed by atoms with Gasteiger partial charge in [-0.05, 0) is 18.5 Å². The Morgan fingerprint density at radius 1 is 1.53 bits per heavy atom. The average Bonchev–Trinajstić information content (AvgIpc) is 2.84. The van der Waals surface area contributed by atoms with Gasteiger partial charge >= 0.3 is 0 Å². The summed E-state index contributed by atoms with van der Waals surface area (Å²) >= 11 is 2.49. The molecule has 0 fully saturated rings. The van der Waals surface area contributed by atoms with Crippen molar-refractivity contribution >= 4 is 28.7 Å². The molecule has 0 bridgehead atoms. The van der Waals surface area contributed by atoms with Crippen LogP contribution in [0.1, 0.15) is 20.2 Å². The van der Waals surface area contributed by atoms with E-state index in [-0.39, 0.29) is 5.78 Å². The molecule has 0 aromatic carbocycles. The summed E-state index contributed by atoms with van der Waals surface area (Å²) in [5, 5.41) is 0. The molecule has 0 aliphatic heterocycles. The second kappa shape index (κ2) is 4.08. The maximum Gasteiger partial charge on any atom is 0.225 e. The van der Waals surface area contributed by atoms with E-state index in [2.05, 4.69) is 9.36 Å². The normalized spacial score (nSPS) is 10.3. The lowest BCUT2D eigenvalue weighted by Crippen LogP contribution is -1.97. The number of carbonyl (C=O) groups is 1. The summed E-state index contributed by atoms with van der Waals surface area (Å²) in [6.45, 7) is 1.82. The van der Waals surface area contributed by atoms with Crippen molar-refractivity contribution in [2.75, 3.05) is 7.11 Å². The molecule has 0 amide bonds. The SMILES string of the molecule is COc1cc(C(=O)c2scnc2C)sn1. The number of carbonyl (C=O) groups excluding carboxylic acids is 1. The number of hydrogen-bond donors (Lipinski definition) is 0. The summed E-state index contributed by atoms with van der Waals surface area (Å²) in [4.78, 5) is 17.2. The first-order chi connectivity index (χ1) is 7.22. The number of nitrogens with zero attached hydrogens (tertiary/aromatic N) is 2. The van der Waals surface area contributed by atoms with Crippen LogP contribution in [0, 0.1) is 6.92 Å². The molecule has 2 aromatic rings. The monoisotopic (exact) mass is 240 g/mol. The fraction of sp³-hybridized carbons (Fsp3) is 0.222. The van der Waals surface area contributed by atoms with Crippen molar-refractivity contribution in [2.45, 2.75) is 6.92 Å². The standard InChI is InChI=1S/C9H8N2O2S2/c1-5-9(14-4-10-5)8(12)6-3-7(13-2)11-15-6/h3-4H,1-2H3. The van der Waals surface area contributed by atoms with Gasteiger partial charge < -0.3 is 4.74 Å². The highest BCUT2D eigenvalue weighted by atomic mass is 32.1. The van der Waals surface area contributed by atoms with Crippen LogP contribution < -0.4 is 4.74 Å². The topological polar surface area (TPSA) is 52.1 Å². The van der Waals surface area contributed by atoms with Crippen molar-refractivity contribution in [1.82, 2.24) is 9.36 Å². The molecule has 0 aliphatic rings. The molecule has 0 unspecified atom stereocenters. The van der Waals surface area contributed by atoms with Gasteiger partial charge in [-0.3, -0.25) is 4.79 Å². The van der Waals surface area contributed by atoms with E-state index >= 15 is 0 Å². The van der Waals surface area contributed by atoms with E-state index in [1.165, 1.54) is 18.4 Å². The molecule has 2 rings (SSSR count). The minimum Gasteiger partial charge on any atom is -0.480 e. The summed E-state index contributed by atoms with van der Waals surface area (Å²) in [5.74, 6) is 0.446. The quantitative estimate of drug-likeness (QED) is 0.771. The summed E-state index contributed by atoms with van der Waals surface area (Å²) in [7, 11) is 1.53. The highest BCUT2D eigenvalue weighted by molar-refractivity contribution is 7.14. The van der Waals surface area contributed by atoms with Crippen molar-refractivity contribution in [3.63, 3.8) is 0 Å². The molecular weight excluding hydrogens is 232 g/mol. The lowest BCUT2D eigenvalue weighted by molar-refractivity contribution is 0.104. The van der Waals surface area contributed by atoms with Crippen LogP contribution in [-0.2, 0) is 0 Å². The molecule has 6 heteroatoms. The summed E-state index contributed by atoms with van der Waals surface area (Å²) < 4.78 is 8.91. The Kier molecular flexibility index (Phi) is 2.79. The molecule has 0 aliphatic carbocycles. The highest BCUT2D eigenvalue weighted by Crippen LogP contribution is 2.23. The van der Waals surface area contributed by atoms with Crippen molar-refractivity contribution in [1.29, 1.82) is 0 Å². The maximum absolute atomic E-state index is 11.9. The summed E-state index contributed by atoms with van der Waals surface area (Å²) in [6, 6.07) is 1.64. The molecule has 0 spiro atoms. The van der Waals surface area contributed by atoms with E-state index in [0.29, 0.717) is 15.6 Å². The summed E-state index contributed by atoms with van der Waals surface area (Å²) in [5.41, 5.74) is 2.43. The fourth-order valence-electron chi connectivity index (χ4n) is 1.09. The van der Waals surface area contributed by atoms with Gasteiger partial charge in [0.05, 0.1) is 23.2 Å². The van der Waals surface area contributed by atoms with Gasteiger partial charge in [-0.15, -0.1) is 11.3 Å². The molecule has 0 atom stereocenters. The van der Waals surface area contributed by atoms with E-state index in [0.717, 1.165) is 17.2 Å². The van der Waals surface area contributed by atoms with Crippen LogP contribution >= 0.6 is 22.9 Å². The molecule has 4 nitrogen and oxygen atoms in total. The van der Waals surface area contributed by atoms with Crippen LogP contribution in [0.15, 0.2) is 11.6 Å². The van der Waals surface area contributed by atoms with Gasteiger partial charge in [0.2, 0.25) is 11.7 Å².